The van der Waals surface area contributed by atoms with Crippen LogP contribution in [0.2, 0.25) is 0 Å². The molecule has 0 fully saturated rings. The fraction of sp³-hybridized carbons (Fsp3) is 0.500. The summed E-state index contributed by atoms with van der Waals surface area (Å²) in [6, 6.07) is 6.76. The van der Waals surface area contributed by atoms with Crippen LogP contribution >= 0.6 is 11.8 Å². The third kappa shape index (κ3) is 3.80. The monoisotopic (exact) mass is 344 g/mol. The van der Waals surface area contributed by atoms with Gasteiger partial charge in [-0.1, -0.05) is 23.9 Å². The van der Waals surface area contributed by atoms with Crippen LogP contribution in [0.15, 0.2) is 23.4 Å². The molecule has 0 spiro atoms. The molecule has 1 aromatic heterocycles. The van der Waals surface area contributed by atoms with Crippen molar-refractivity contribution < 1.29 is 4.79 Å². The minimum absolute atomic E-state index is 0.0216. The Hall–Kier alpha value is -1.82. The average Bonchev–Trinajstić information content (AvgIpc) is 2.92. The number of aromatic nitrogens is 3. The van der Waals surface area contributed by atoms with Crippen molar-refractivity contribution in [3.05, 3.63) is 29.3 Å². The summed E-state index contributed by atoms with van der Waals surface area (Å²) < 4.78 is 1.97. The van der Waals surface area contributed by atoms with Crippen molar-refractivity contribution in [2.45, 2.75) is 50.7 Å². The number of nitrogens with one attached hydrogen (secondary N) is 1. The normalized spacial score (nSPS) is 13.8. The first-order chi connectivity index (χ1) is 11.5. The Morgan fingerprint density at radius 3 is 2.75 bits per heavy atom. The first kappa shape index (κ1) is 17.0. The molecular formula is C18H24N4OS. The number of aryl methyl sites for hydroxylation is 2. The highest BCUT2D eigenvalue weighted by atomic mass is 32.2. The van der Waals surface area contributed by atoms with Gasteiger partial charge in [0.2, 0.25) is 5.91 Å². The third-order valence-corrected chi connectivity index (χ3v) is 5.24. The van der Waals surface area contributed by atoms with E-state index in [2.05, 4.69) is 33.7 Å². The summed E-state index contributed by atoms with van der Waals surface area (Å²) in [5, 5.41) is 12.2. The number of carbonyl (C=O) groups is 1. The number of nitrogens with zero attached hydrogens (tertiary/aromatic N) is 3. The Kier molecular flexibility index (Phi) is 5.23. The Morgan fingerprint density at radius 1 is 1.25 bits per heavy atom. The molecule has 0 radical (unpaired) electrons. The molecule has 0 saturated carbocycles. The van der Waals surface area contributed by atoms with Gasteiger partial charge in [0.15, 0.2) is 11.0 Å². The number of carbonyl (C=O) groups excluding carboxylic acids is 1. The maximum Gasteiger partial charge on any atom is 0.230 e. The fourth-order valence-electron chi connectivity index (χ4n) is 3.06. The van der Waals surface area contributed by atoms with Gasteiger partial charge in [-0.05, 0) is 56.7 Å². The third-order valence-electron chi connectivity index (χ3n) is 4.22. The first-order valence-electron chi connectivity index (χ1n) is 8.48. The summed E-state index contributed by atoms with van der Waals surface area (Å²) in [5.74, 6) is 1.23. The van der Waals surface area contributed by atoms with E-state index in [0.717, 1.165) is 23.0 Å². The minimum Gasteiger partial charge on any atom is -0.353 e. The molecule has 5 nitrogen and oxygen atoms in total. The number of amides is 1. The number of thioether (sulfide) groups is 1. The zero-order valence-corrected chi connectivity index (χ0v) is 15.3. The molecule has 1 heterocycles. The van der Waals surface area contributed by atoms with E-state index >= 15 is 0 Å². The van der Waals surface area contributed by atoms with Crippen LogP contribution in [0.1, 0.15) is 37.8 Å². The summed E-state index contributed by atoms with van der Waals surface area (Å²) in [6.07, 6.45) is 4.88. The number of rotatable bonds is 5. The molecule has 24 heavy (non-hydrogen) atoms. The van der Waals surface area contributed by atoms with Gasteiger partial charge in [-0.3, -0.25) is 4.79 Å². The SMILES string of the molecule is CC(C)NC(=O)CSc1nnc(-c2ccc3c(c2)CCCC3)n1C. The Morgan fingerprint density at radius 2 is 2.00 bits per heavy atom. The summed E-state index contributed by atoms with van der Waals surface area (Å²) in [5.41, 5.74) is 4.00. The minimum atomic E-state index is 0.0216. The van der Waals surface area contributed by atoms with Gasteiger partial charge in [0.1, 0.15) is 0 Å². The topological polar surface area (TPSA) is 59.8 Å². The molecule has 2 aromatic rings. The van der Waals surface area contributed by atoms with Crippen molar-refractivity contribution >= 4 is 17.7 Å². The van der Waals surface area contributed by atoms with E-state index < -0.39 is 0 Å². The van der Waals surface area contributed by atoms with E-state index in [1.165, 1.54) is 42.2 Å². The van der Waals surface area contributed by atoms with E-state index in [9.17, 15) is 4.79 Å². The van der Waals surface area contributed by atoms with Crippen molar-refractivity contribution in [2.75, 3.05) is 5.75 Å². The Labute approximate surface area is 147 Å². The quantitative estimate of drug-likeness (QED) is 0.847. The maximum atomic E-state index is 11.8. The molecular weight excluding hydrogens is 320 g/mol. The molecule has 1 aliphatic carbocycles. The standard InChI is InChI=1S/C18H24N4OS/c1-12(2)19-16(23)11-24-18-21-20-17(22(18)3)15-9-8-13-6-4-5-7-14(13)10-15/h8-10,12H,4-7,11H2,1-3H3,(H,19,23). The summed E-state index contributed by atoms with van der Waals surface area (Å²) in [4.78, 5) is 11.8. The molecule has 128 valence electrons. The second kappa shape index (κ2) is 7.38. The average molecular weight is 344 g/mol. The van der Waals surface area contributed by atoms with Gasteiger partial charge in [-0.2, -0.15) is 0 Å². The van der Waals surface area contributed by atoms with Crippen molar-refractivity contribution in [1.29, 1.82) is 0 Å². The zero-order chi connectivity index (χ0) is 17.1. The highest BCUT2D eigenvalue weighted by Gasteiger charge is 2.16. The maximum absolute atomic E-state index is 11.8. The van der Waals surface area contributed by atoms with Crippen molar-refractivity contribution in [1.82, 2.24) is 20.1 Å². The van der Waals surface area contributed by atoms with Gasteiger partial charge in [0, 0.05) is 18.7 Å². The van der Waals surface area contributed by atoms with E-state index in [0.29, 0.717) is 5.75 Å². The van der Waals surface area contributed by atoms with Crippen molar-refractivity contribution in [3.8, 4) is 11.4 Å². The predicted molar refractivity (Wildman–Crippen MR) is 97.1 cm³/mol. The lowest BCUT2D eigenvalue weighted by molar-refractivity contribution is -0.119. The lowest BCUT2D eigenvalue weighted by Crippen LogP contribution is -2.31. The molecule has 1 N–H and O–H groups in total. The molecule has 3 rings (SSSR count). The van der Waals surface area contributed by atoms with Crippen LogP contribution in [0.25, 0.3) is 11.4 Å². The van der Waals surface area contributed by atoms with Crippen LogP contribution in [0.4, 0.5) is 0 Å². The lowest BCUT2D eigenvalue weighted by atomic mass is 9.90. The van der Waals surface area contributed by atoms with E-state index in [-0.39, 0.29) is 11.9 Å². The van der Waals surface area contributed by atoms with Gasteiger partial charge in [-0.15, -0.1) is 10.2 Å². The lowest BCUT2D eigenvalue weighted by Gasteiger charge is -2.16. The van der Waals surface area contributed by atoms with Gasteiger partial charge in [0.25, 0.3) is 0 Å². The molecule has 1 amide bonds. The molecule has 0 unspecified atom stereocenters. The molecule has 0 saturated heterocycles. The molecule has 0 bridgehead atoms. The number of benzene rings is 1. The second-order valence-corrected chi connectivity index (χ2v) is 7.51. The van der Waals surface area contributed by atoms with Gasteiger partial charge < -0.3 is 9.88 Å². The van der Waals surface area contributed by atoms with Crippen LogP contribution in [0.3, 0.4) is 0 Å². The Balaban J connectivity index is 1.74. The summed E-state index contributed by atoms with van der Waals surface area (Å²) >= 11 is 1.42. The first-order valence-corrected chi connectivity index (χ1v) is 9.47. The highest BCUT2D eigenvalue weighted by molar-refractivity contribution is 7.99. The van der Waals surface area contributed by atoms with Crippen LogP contribution in [-0.2, 0) is 24.7 Å². The largest absolute Gasteiger partial charge is 0.353 e. The molecule has 0 aliphatic heterocycles. The smallest absolute Gasteiger partial charge is 0.230 e. The summed E-state index contributed by atoms with van der Waals surface area (Å²) in [7, 11) is 1.96. The van der Waals surface area contributed by atoms with Crippen molar-refractivity contribution in [2.24, 2.45) is 7.05 Å². The number of fused-ring (bicyclic) bond motifs is 1. The van der Waals surface area contributed by atoms with Crippen LogP contribution in [-0.4, -0.2) is 32.5 Å². The van der Waals surface area contributed by atoms with E-state index in [4.69, 9.17) is 0 Å². The van der Waals surface area contributed by atoms with Gasteiger partial charge in [-0.25, -0.2) is 0 Å². The van der Waals surface area contributed by atoms with Gasteiger partial charge in [0.05, 0.1) is 5.75 Å². The predicted octanol–water partition coefficient (Wildman–Crippen LogP) is 2.98. The van der Waals surface area contributed by atoms with Crippen molar-refractivity contribution in [3.63, 3.8) is 0 Å². The van der Waals surface area contributed by atoms with Crippen LogP contribution in [0, 0.1) is 0 Å². The highest BCUT2D eigenvalue weighted by Crippen LogP contribution is 2.28. The van der Waals surface area contributed by atoms with Crippen LogP contribution in [0.5, 0.6) is 0 Å². The molecule has 1 aliphatic rings. The second-order valence-electron chi connectivity index (χ2n) is 6.57. The van der Waals surface area contributed by atoms with Crippen LogP contribution < -0.4 is 5.32 Å². The fourth-order valence-corrected chi connectivity index (χ4v) is 3.78. The molecule has 0 atom stereocenters. The van der Waals surface area contributed by atoms with E-state index in [1.54, 1.807) is 0 Å². The molecule has 6 heteroatoms. The number of hydrogen-bond donors (Lipinski definition) is 1. The summed E-state index contributed by atoms with van der Waals surface area (Å²) in [6.45, 7) is 3.91. The van der Waals surface area contributed by atoms with Gasteiger partial charge >= 0.3 is 0 Å². The zero-order valence-electron chi connectivity index (χ0n) is 14.5. The number of hydrogen-bond acceptors (Lipinski definition) is 4. The molecule has 1 aromatic carbocycles. The van der Waals surface area contributed by atoms with E-state index in [1.807, 2.05) is 25.5 Å². The Bertz CT molecular complexity index is 739.